The van der Waals surface area contributed by atoms with Gasteiger partial charge in [0.05, 0.1) is 29.3 Å². The summed E-state index contributed by atoms with van der Waals surface area (Å²) in [6, 6.07) is 2.63. The van der Waals surface area contributed by atoms with E-state index in [4.69, 9.17) is 30.6 Å². The summed E-state index contributed by atoms with van der Waals surface area (Å²) in [7, 11) is 2.16. The van der Waals surface area contributed by atoms with Crippen LogP contribution < -0.4 is 10.6 Å². The van der Waals surface area contributed by atoms with Gasteiger partial charge in [0.15, 0.2) is 22.9 Å². The SMILES string of the molecule is C#N.CCCCc1c(-c2nc(N3CCCC(C)C3)c3cnn(CC(C)N(C)CCC)c3n2)noc1-c1c(CCC)sc(N)c1C#N. The smallest absolute Gasteiger partial charge is 0.186 e. The van der Waals surface area contributed by atoms with Crippen molar-refractivity contribution < 1.29 is 4.52 Å². The molecule has 1 aliphatic rings. The van der Waals surface area contributed by atoms with E-state index >= 15 is 0 Å². The Kier molecular flexibility index (Phi) is 12.1. The molecule has 1 saturated heterocycles. The number of hydrogen-bond acceptors (Lipinski definition) is 11. The Balaban J connectivity index is 0.00000235. The number of likely N-dealkylation sites (N-methyl/N-ethyl adjacent to an activating group) is 1. The van der Waals surface area contributed by atoms with Crippen LogP contribution in [-0.4, -0.2) is 62.5 Å². The number of unbranched alkanes of at least 4 members (excludes halogenated alkanes) is 1. The first-order valence-electron chi connectivity index (χ1n) is 16.6. The maximum absolute atomic E-state index is 10.1. The van der Waals surface area contributed by atoms with Crippen LogP contribution in [0.5, 0.6) is 0 Å². The van der Waals surface area contributed by atoms with E-state index in [1.807, 2.05) is 10.9 Å². The number of aryl methyl sites for hydroxylation is 1. The molecule has 2 atom stereocenters. The minimum atomic E-state index is 0.291. The van der Waals surface area contributed by atoms with Crippen LogP contribution in [0.15, 0.2) is 10.7 Å². The van der Waals surface area contributed by atoms with Gasteiger partial charge in [-0.3, -0.25) is 0 Å². The van der Waals surface area contributed by atoms with Gasteiger partial charge >= 0.3 is 0 Å². The van der Waals surface area contributed by atoms with Gasteiger partial charge in [-0.1, -0.05) is 45.7 Å². The Bertz CT molecular complexity index is 1660. The van der Waals surface area contributed by atoms with Gasteiger partial charge in [-0.25, -0.2) is 19.9 Å². The Hall–Kier alpha value is -4.00. The number of nitriles is 2. The second-order valence-electron chi connectivity index (χ2n) is 12.4. The van der Waals surface area contributed by atoms with Gasteiger partial charge in [0.25, 0.3) is 0 Å². The molecule has 0 bridgehead atoms. The molecule has 0 aliphatic carbocycles. The molecule has 0 aromatic carbocycles. The van der Waals surface area contributed by atoms with E-state index < -0.39 is 0 Å². The highest BCUT2D eigenvalue weighted by atomic mass is 32.1. The molecule has 2 unspecified atom stereocenters. The molecular weight excluding hydrogens is 597 g/mol. The van der Waals surface area contributed by atoms with Crippen molar-refractivity contribution in [3.8, 4) is 35.5 Å². The van der Waals surface area contributed by atoms with Crippen molar-refractivity contribution in [3.05, 3.63) is 22.2 Å². The van der Waals surface area contributed by atoms with Crippen molar-refractivity contribution >= 4 is 33.2 Å². The fourth-order valence-electron chi connectivity index (χ4n) is 6.28. The number of anilines is 2. The van der Waals surface area contributed by atoms with Crippen LogP contribution in [0.4, 0.5) is 10.8 Å². The molecule has 246 valence electrons. The van der Waals surface area contributed by atoms with Crippen LogP contribution >= 0.6 is 11.3 Å². The van der Waals surface area contributed by atoms with Crippen molar-refractivity contribution in [2.45, 2.75) is 98.6 Å². The lowest BCUT2D eigenvalue weighted by molar-refractivity contribution is 0.231. The summed E-state index contributed by atoms with van der Waals surface area (Å²) >= 11 is 1.47. The van der Waals surface area contributed by atoms with Crippen LogP contribution in [0, 0.1) is 29.1 Å². The van der Waals surface area contributed by atoms with E-state index in [1.165, 1.54) is 17.8 Å². The second kappa shape index (κ2) is 16.0. The molecule has 1 fully saturated rings. The molecule has 46 heavy (non-hydrogen) atoms. The lowest BCUT2D eigenvalue weighted by atomic mass is 9.98. The normalized spacial score (nSPS) is 15.6. The minimum Gasteiger partial charge on any atom is -0.389 e. The van der Waals surface area contributed by atoms with E-state index in [0.29, 0.717) is 39.8 Å². The Morgan fingerprint density at radius 3 is 2.65 bits per heavy atom. The molecule has 1 aliphatic heterocycles. The third-order valence-corrected chi connectivity index (χ3v) is 9.88. The standard InChI is InChI=1S/C33H47N9OS.CHN/c1-7-10-14-23-28(39-43-29(23)27-24(17-34)30(35)44-26(27)12-8-2)31-37-32(41-16-11-13-21(4)19-41)25-18-36-42(33(25)38-31)20-22(5)40(6)15-9-3;1-2/h18,21-22H,7-16,19-20,35H2,1-6H3;1H. The highest BCUT2D eigenvalue weighted by molar-refractivity contribution is 7.16. The van der Waals surface area contributed by atoms with Crippen molar-refractivity contribution in [1.29, 1.82) is 10.5 Å². The Morgan fingerprint density at radius 1 is 1.20 bits per heavy atom. The summed E-state index contributed by atoms with van der Waals surface area (Å²) in [6.45, 7) is 18.2. The first kappa shape index (κ1) is 34.9. The third kappa shape index (κ3) is 7.19. The molecule has 11 nitrogen and oxygen atoms in total. The summed E-state index contributed by atoms with van der Waals surface area (Å²) in [5.41, 5.74) is 9.99. The number of hydrogen-bond donors (Lipinski definition) is 1. The molecule has 4 aromatic heterocycles. The zero-order valence-electron chi connectivity index (χ0n) is 28.2. The minimum absolute atomic E-state index is 0.291. The number of fused-ring (bicyclic) bond motifs is 1. The molecule has 12 heteroatoms. The van der Waals surface area contributed by atoms with E-state index in [2.05, 4.69) is 69.3 Å². The van der Waals surface area contributed by atoms with Gasteiger partial charge in [-0.05, 0) is 65.0 Å². The second-order valence-corrected chi connectivity index (χ2v) is 13.5. The first-order chi connectivity index (χ1) is 22.3. The van der Waals surface area contributed by atoms with E-state index in [0.717, 1.165) is 104 Å². The molecule has 0 amide bonds. The van der Waals surface area contributed by atoms with Gasteiger partial charge in [0.1, 0.15) is 16.9 Å². The summed E-state index contributed by atoms with van der Waals surface area (Å²) in [6.07, 6.45) is 9.83. The fraction of sp³-hybridized carbons (Fsp3) is 0.588. The van der Waals surface area contributed by atoms with E-state index in [1.54, 1.807) is 0 Å². The van der Waals surface area contributed by atoms with Gasteiger partial charge in [0, 0.05) is 36.1 Å². The average molecular weight is 645 g/mol. The zero-order valence-corrected chi connectivity index (χ0v) is 29.0. The van der Waals surface area contributed by atoms with Gasteiger partial charge in [-0.15, -0.1) is 11.3 Å². The van der Waals surface area contributed by atoms with Crippen LogP contribution in [0.1, 0.15) is 89.1 Å². The van der Waals surface area contributed by atoms with Crippen molar-refractivity contribution in [2.24, 2.45) is 5.92 Å². The van der Waals surface area contributed by atoms with Gasteiger partial charge in [-0.2, -0.15) is 10.4 Å². The molecule has 5 heterocycles. The Labute approximate surface area is 277 Å². The van der Waals surface area contributed by atoms with Crippen LogP contribution in [0.2, 0.25) is 0 Å². The third-order valence-electron chi connectivity index (χ3n) is 8.80. The summed E-state index contributed by atoms with van der Waals surface area (Å²) < 4.78 is 8.17. The Morgan fingerprint density at radius 2 is 1.98 bits per heavy atom. The zero-order chi connectivity index (χ0) is 33.4. The van der Waals surface area contributed by atoms with Crippen molar-refractivity contribution in [1.82, 2.24) is 29.8 Å². The number of nitrogen functional groups attached to an aromatic ring is 1. The maximum Gasteiger partial charge on any atom is 0.186 e. The fourth-order valence-corrected chi connectivity index (χ4v) is 7.40. The molecule has 0 radical (unpaired) electrons. The highest BCUT2D eigenvalue weighted by Gasteiger charge is 2.30. The molecule has 2 N–H and O–H groups in total. The van der Waals surface area contributed by atoms with Gasteiger partial charge in [0.2, 0.25) is 0 Å². The number of aromatic nitrogens is 5. The summed E-state index contributed by atoms with van der Waals surface area (Å²) in [5, 5.41) is 27.5. The monoisotopic (exact) mass is 644 g/mol. The van der Waals surface area contributed by atoms with Crippen LogP contribution in [0.3, 0.4) is 0 Å². The predicted molar refractivity (Wildman–Crippen MR) is 186 cm³/mol. The number of piperidine rings is 1. The first-order valence-corrected chi connectivity index (χ1v) is 17.4. The van der Waals surface area contributed by atoms with Crippen molar-refractivity contribution in [2.75, 3.05) is 37.3 Å². The molecule has 4 aromatic rings. The van der Waals surface area contributed by atoms with E-state index in [9.17, 15) is 5.26 Å². The van der Waals surface area contributed by atoms with Gasteiger partial charge < -0.3 is 20.1 Å². The maximum atomic E-state index is 10.1. The number of thiophene rings is 1. The largest absolute Gasteiger partial charge is 0.389 e. The molecule has 5 rings (SSSR count). The lowest BCUT2D eigenvalue weighted by Crippen LogP contribution is -2.35. The lowest BCUT2D eigenvalue weighted by Gasteiger charge is -2.32. The summed E-state index contributed by atoms with van der Waals surface area (Å²) in [4.78, 5) is 16.2. The predicted octanol–water partition coefficient (Wildman–Crippen LogP) is 7.07. The van der Waals surface area contributed by atoms with E-state index in [-0.39, 0.29) is 0 Å². The van der Waals surface area contributed by atoms with Crippen molar-refractivity contribution in [3.63, 3.8) is 0 Å². The van der Waals surface area contributed by atoms with Crippen LogP contribution in [0.25, 0.3) is 33.9 Å². The number of nitrogens with zero attached hydrogens (tertiary/aromatic N) is 9. The number of nitrogens with two attached hydrogens (primary N) is 1. The highest BCUT2D eigenvalue weighted by Crippen LogP contribution is 2.43. The quantitative estimate of drug-likeness (QED) is 0.160. The molecule has 0 spiro atoms. The molecule has 0 saturated carbocycles. The van der Waals surface area contributed by atoms with Crippen LogP contribution in [-0.2, 0) is 19.4 Å². The average Bonchev–Trinajstić information content (AvgIpc) is 3.75. The summed E-state index contributed by atoms with van der Waals surface area (Å²) in [5.74, 6) is 2.66. The topological polar surface area (TPSA) is 150 Å². The number of rotatable bonds is 13. The molecular formula is C34H48N10OS.